The average Bonchev–Trinajstić information content (AvgIpc) is 3.13. The van der Waals surface area contributed by atoms with Crippen molar-refractivity contribution in [2.75, 3.05) is 23.7 Å². The molecular weight excluding hydrogens is 292 g/mol. The van der Waals surface area contributed by atoms with Crippen molar-refractivity contribution >= 4 is 23.7 Å². The molecule has 0 radical (unpaired) electrons. The highest BCUT2D eigenvalue weighted by Crippen LogP contribution is 2.41. The predicted molar refractivity (Wildman–Crippen MR) is 76.8 cm³/mol. The second-order valence-electron chi connectivity index (χ2n) is 5.93. The lowest BCUT2D eigenvalue weighted by atomic mass is 10.2. The Labute approximate surface area is 126 Å². The molecule has 1 N–H and O–H groups in total. The second kappa shape index (κ2) is 5.17. The number of carboxylic acid groups (broad SMARTS) is 1. The van der Waals surface area contributed by atoms with Crippen LogP contribution in [0, 0.1) is 0 Å². The van der Waals surface area contributed by atoms with Crippen LogP contribution in [0.15, 0.2) is 5.16 Å². The molecule has 0 spiro atoms. The molecule has 1 aliphatic carbocycles. The van der Waals surface area contributed by atoms with E-state index in [2.05, 4.69) is 19.7 Å². The van der Waals surface area contributed by atoms with Gasteiger partial charge in [0.05, 0.1) is 18.0 Å². The lowest BCUT2D eigenvalue weighted by molar-refractivity contribution is -0.133. The van der Waals surface area contributed by atoms with Crippen molar-refractivity contribution < 1.29 is 14.6 Å². The minimum absolute atomic E-state index is 0.0270. The summed E-state index contributed by atoms with van der Waals surface area (Å²) in [4.78, 5) is 13.0. The zero-order valence-electron chi connectivity index (χ0n) is 11.6. The Morgan fingerprint density at radius 2 is 1.95 bits per heavy atom. The molecular formula is C13H18N4O3S. The monoisotopic (exact) mass is 310 g/mol. The molecule has 0 aromatic carbocycles. The summed E-state index contributed by atoms with van der Waals surface area (Å²) in [6, 6.07) is 0.437. The zero-order chi connectivity index (χ0) is 14.4. The van der Waals surface area contributed by atoms with Gasteiger partial charge >= 0.3 is 5.97 Å². The molecule has 2 saturated heterocycles. The topological polar surface area (TPSA) is 80.5 Å². The Morgan fingerprint density at radius 1 is 1.24 bits per heavy atom. The molecule has 1 saturated carbocycles. The SMILES string of the molecule is O=C(O)CSc1nnc(N2CC3CCC(C2)O3)n1C1CC1. The third-order valence-electron chi connectivity index (χ3n) is 4.21. The van der Waals surface area contributed by atoms with E-state index < -0.39 is 5.97 Å². The van der Waals surface area contributed by atoms with Crippen LogP contribution in [0.1, 0.15) is 31.7 Å². The summed E-state index contributed by atoms with van der Waals surface area (Å²) in [5, 5.41) is 18.1. The summed E-state index contributed by atoms with van der Waals surface area (Å²) in [6.07, 6.45) is 5.12. The van der Waals surface area contributed by atoms with E-state index in [4.69, 9.17) is 9.84 Å². The van der Waals surface area contributed by atoms with Gasteiger partial charge in [0.1, 0.15) is 0 Å². The molecule has 8 heteroatoms. The number of aromatic nitrogens is 3. The number of rotatable bonds is 5. The molecule has 2 atom stereocenters. The highest BCUT2D eigenvalue weighted by atomic mass is 32.2. The van der Waals surface area contributed by atoms with Gasteiger partial charge in [-0.05, 0) is 25.7 Å². The second-order valence-corrected chi connectivity index (χ2v) is 6.87. The van der Waals surface area contributed by atoms with Crippen LogP contribution in [-0.2, 0) is 9.53 Å². The molecule has 21 heavy (non-hydrogen) atoms. The molecule has 114 valence electrons. The fourth-order valence-corrected chi connectivity index (χ4v) is 3.86. The molecule has 3 aliphatic rings. The summed E-state index contributed by atoms with van der Waals surface area (Å²) in [5.74, 6) is 0.0982. The molecule has 0 amide bonds. The highest BCUT2D eigenvalue weighted by Gasteiger charge is 2.38. The normalized spacial score (nSPS) is 28.1. The van der Waals surface area contributed by atoms with E-state index in [1.165, 1.54) is 11.8 Å². The van der Waals surface area contributed by atoms with Crippen molar-refractivity contribution in [2.45, 2.75) is 49.1 Å². The van der Waals surface area contributed by atoms with Gasteiger partial charge in [-0.3, -0.25) is 9.36 Å². The van der Waals surface area contributed by atoms with Crippen LogP contribution in [-0.4, -0.2) is 56.9 Å². The fourth-order valence-electron chi connectivity index (χ4n) is 3.14. The largest absolute Gasteiger partial charge is 0.481 e. The van der Waals surface area contributed by atoms with Crippen LogP contribution in [0.4, 0.5) is 5.95 Å². The maximum Gasteiger partial charge on any atom is 0.313 e. The van der Waals surface area contributed by atoms with Crippen molar-refractivity contribution in [3.8, 4) is 0 Å². The molecule has 1 aromatic rings. The number of anilines is 1. The number of thioether (sulfide) groups is 1. The standard InChI is InChI=1S/C13H18N4O3S/c18-11(19)7-21-13-15-14-12(17(13)8-1-2-8)16-5-9-3-4-10(6-16)20-9/h8-10H,1-7H2,(H,18,19). The Bertz CT molecular complexity index is 548. The first-order valence-corrected chi connectivity index (χ1v) is 8.39. The van der Waals surface area contributed by atoms with Crippen LogP contribution in [0.3, 0.4) is 0 Å². The summed E-state index contributed by atoms with van der Waals surface area (Å²) >= 11 is 1.26. The summed E-state index contributed by atoms with van der Waals surface area (Å²) in [7, 11) is 0. The molecule has 7 nitrogen and oxygen atoms in total. The van der Waals surface area contributed by atoms with Gasteiger partial charge in [-0.1, -0.05) is 11.8 Å². The maximum absolute atomic E-state index is 10.8. The van der Waals surface area contributed by atoms with Gasteiger partial charge in [0.2, 0.25) is 5.95 Å². The number of morpholine rings is 1. The van der Waals surface area contributed by atoms with Crippen LogP contribution in [0.25, 0.3) is 0 Å². The van der Waals surface area contributed by atoms with Gasteiger partial charge in [0, 0.05) is 19.1 Å². The Morgan fingerprint density at radius 3 is 2.57 bits per heavy atom. The Kier molecular flexibility index (Phi) is 3.30. The van der Waals surface area contributed by atoms with Crippen molar-refractivity contribution in [2.24, 2.45) is 0 Å². The first-order chi connectivity index (χ1) is 10.2. The lowest BCUT2D eigenvalue weighted by Crippen LogP contribution is -2.43. The lowest BCUT2D eigenvalue weighted by Gasteiger charge is -2.32. The molecule has 3 heterocycles. The number of ether oxygens (including phenoxy) is 1. The zero-order valence-corrected chi connectivity index (χ0v) is 12.5. The van der Waals surface area contributed by atoms with E-state index in [-0.39, 0.29) is 5.75 Å². The van der Waals surface area contributed by atoms with E-state index >= 15 is 0 Å². The predicted octanol–water partition coefficient (Wildman–Crippen LogP) is 1.16. The number of fused-ring (bicyclic) bond motifs is 2. The maximum atomic E-state index is 10.8. The van der Waals surface area contributed by atoms with Gasteiger partial charge in [-0.25, -0.2) is 0 Å². The molecule has 2 unspecified atom stereocenters. The van der Waals surface area contributed by atoms with E-state index in [0.717, 1.165) is 49.9 Å². The Hall–Kier alpha value is -1.28. The number of nitrogens with zero attached hydrogens (tertiary/aromatic N) is 4. The molecule has 3 fully saturated rings. The number of aliphatic carboxylic acids is 1. The van der Waals surface area contributed by atoms with Gasteiger partial charge in [-0.15, -0.1) is 10.2 Å². The van der Waals surface area contributed by atoms with Gasteiger partial charge in [0.25, 0.3) is 0 Å². The van der Waals surface area contributed by atoms with E-state index in [9.17, 15) is 4.79 Å². The minimum atomic E-state index is -0.823. The van der Waals surface area contributed by atoms with Crippen LogP contribution in [0.2, 0.25) is 0 Å². The molecule has 4 rings (SSSR count). The molecule has 1 aromatic heterocycles. The van der Waals surface area contributed by atoms with Crippen LogP contribution >= 0.6 is 11.8 Å². The van der Waals surface area contributed by atoms with Gasteiger partial charge in [-0.2, -0.15) is 0 Å². The first-order valence-electron chi connectivity index (χ1n) is 7.40. The minimum Gasteiger partial charge on any atom is -0.481 e. The smallest absolute Gasteiger partial charge is 0.313 e. The van der Waals surface area contributed by atoms with E-state index in [0.29, 0.717) is 18.2 Å². The van der Waals surface area contributed by atoms with Crippen molar-refractivity contribution in [1.82, 2.24) is 14.8 Å². The summed E-state index contributed by atoms with van der Waals surface area (Å²) in [6.45, 7) is 1.73. The third-order valence-corrected chi connectivity index (χ3v) is 5.14. The van der Waals surface area contributed by atoms with Crippen LogP contribution in [0.5, 0.6) is 0 Å². The highest BCUT2D eigenvalue weighted by molar-refractivity contribution is 7.99. The first kappa shape index (κ1) is 13.4. The van der Waals surface area contributed by atoms with Crippen molar-refractivity contribution in [1.29, 1.82) is 0 Å². The number of hydrogen-bond donors (Lipinski definition) is 1. The summed E-state index contributed by atoms with van der Waals surface area (Å²) in [5.41, 5.74) is 0. The number of carbonyl (C=O) groups is 1. The van der Waals surface area contributed by atoms with Crippen LogP contribution < -0.4 is 4.90 Å². The average molecular weight is 310 g/mol. The number of hydrogen-bond acceptors (Lipinski definition) is 6. The molecule has 2 bridgehead atoms. The summed E-state index contributed by atoms with van der Waals surface area (Å²) < 4.78 is 8.01. The van der Waals surface area contributed by atoms with E-state index in [1.54, 1.807) is 0 Å². The number of carboxylic acids is 1. The van der Waals surface area contributed by atoms with Crippen molar-refractivity contribution in [3.63, 3.8) is 0 Å². The van der Waals surface area contributed by atoms with E-state index in [1.807, 2.05) is 0 Å². The van der Waals surface area contributed by atoms with Gasteiger partial charge < -0.3 is 14.7 Å². The molecule has 2 aliphatic heterocycles. The quantitative estimate of drug-likeness (QED) is 0.817. The fraction of sp³-hybridized carbons (Fsp3) is 0.769. The third kappa shape index (κ3) is 2.62. The Balaban J connectivity index is 1.58. The van der Waals surface area contributed by atoms with Crippen molar-refractivity contribution in [3.05, 3.63) is 0 Å². The van der Waals surface area contributed by atoms with Gasteiger partial charge in [0.15, 0.2) is 5.16 Å².